The van der Waals surface area contributed by atoms with Gasteiger partial charge in [0.05, 0.1) is 6.04 Å². The van der Waals surface area contributed by atoms with E-state index in [4.69, 9.17) is 4.74 Å². The predicted octanol–water partition coefficient (Wildman–Crippen LogP) is 2.92. The number of halogens is 1. The van der Waals surface area contributed by atoms with Gasteiger partial charge in [0.2, 0.25) is 0 Å². The van der Waals surface area contributed by atoms with E-state index in [2.05, 4.69) is 18.3 Å². The van der Waals surface area contributed by atoms with Crippen LogP contribution in [-0.4, -0.2) is 36.5 Å². The van der Waals surface area contributed by atoms with E-state index in [0.717, 1.165) is 29.0 Å². The van der Waals surface area contributed by atoms with E-state index in [9.17, 15) is 9.18 Å². The van der Waals surface area contributed by atoms with E-state index in [1.54, 1.807) is 6.07 Å². The molecule has 1 N–H and O–H groups in total. The van der Waals surface area contributed by atoms with Crippen LogP contribution >= 0.6 is 0 Å². The second-order valence-corrected chi connectivity index (χ2v) is 7.16. The Morgan fingerprint density at radius 2 is 2.04 bits per heavy atom. The van der Waals surface area contributed by atoms with Crippen LogP contribution < -0.4 is 10.1 Å². The molecule has 136 valence electrons. The SMILES string of the molecule is Cc1cc2c(cc1C)OC(C(=O)N1CCNCC1c1cccc(F)c1)C2. The number of carbonyl (C=O) groups is 1. The smallest absolute Gasteiger partial charge is 0.264 e. The molecule has 1 amide bonds. The standard InChI is InChI=1S/C21H23FN2O2/c1-13-8-16-11-20(26-19(16)9-14(13)2)21(25)24-7-6-23-12-18(24)15-4-3-5-17(22)10-15/h3-5,8-10,18,20,23H,6-7,11-12H2,1-2H3. The monoisotopic (exact) mass is 354 g/mol. The molecule has 2 aromatic rings. The first-order chi connectivity index (χ1) is 12.5. The Labute approximate surface area is 153 Å². The summed E-state index contributed by atoms with van der Waals surface area (Å²) in [6, 6.07) is 10.4. The maximum absolute atomic E-state index is 13.7. The second kappa shape index (κ2) is 6.72. The lowest BCUT2D eigenvalue weighted by Gasteiger charge is -2.37. The molecule has 0 radical (unpaired) electrons. The van der Waals surface area contributed by atoms with Gasteiger partial charge in [-0.25, -0.2) is 4.39 Å². The number of nitrogens with zero attached hydrogens (tertiary/aromatic N) is 1. The minimum atomic E-state index is -0.500. The van der Waals surface area contributed by atoms with E-state index >= 15 is 0 Å². The van der Waals surface area contributed by atoms with Gasteiger partial charge in [0.25, 0.3) is 5.91 Å². The molecule has 0 saturated carbocycles. The lowest BCUT2D eigenvalue weighted by atomic mass is 10.0. The third kappa shape index (κ3) is 3.07. The lowest BCUT2D eigenvalue weighted by molar-refractivity contribution is -0.141. The summed E-state index contributed by atoms with van der Waals surface area (Å²) in [6.45, 7) is 6.06. The third-order valence-corrected chi connectivity index (χ3v) is 5.39. The van der Waals surface area contributed by atoms with Crippen molar-refractivity contribution in [2.45, 2.75) is 32.4 Å². The summed E-state index contributed by atoms with van der Waals surface area (Å²) in [5.41, 5.74) is 4.27. The maximum Gasteiger partial charge on any atom is 0.264 e. The zero-order valence-corrected chi connectivity index (χ0v) is 15.1. The number of nitrogens with one attached hydrogen (secondary N) is 1. The molecule has 2 heterocycles. The Morgan fingerprint density at radius 1 is 1.23 bits per heavy atom. The summed E-state index contributed by atoms with van der Waals surface area (Å²) in [6.07, 6.45) is 0.0927. The van der Waals surface area contributed by atoms with Crippen molar-refractivity contribution >= 4 is 5.91 Å². The van der Waals surface area contributed by atoms with Crippen LogP contribution in [-0.2, 0) is 11.2 Å². The normalized spacial score (nSPS) is 22.0. The number of carbonyl (C=O) groups excluding carboxylic acids is 1. The van der Waals surface area contributed by atoms with Crippen molar-refractivity contribution in [1.82, 2.24) is 10.2 Å². The van der Waals surface area contributed by atoms with Gasteiger partial charge in [-0.1, -0.05) is 18.2 Å². The van der Waals surface area contributed by atoms with E-state index < -0.39 is 6.10 Å². The molecule has 2 unspecified atom stereocenters. The maximum atomic E-state index is 13.7. The van der Waals surface area contributed by atoms with E-state index in [0.29, 0.717) is 19.5 Å². The van der Waals surface area contributed by atoms with Crippen LogP contribution in [0.4, 0.5) is 4.39 Å². The van der Waals surface area contributed by atoms with Crippen LogP contribution in [0.3, 0.4) is 0 Å². The Morgan fingerprint density at radius 3 is 2.85 bits per heavy atom. The average molecular weight is 354 g/mol. The molecular weight excluding hydrogens is 331 g/mol. The summed E-state index contributed by atoms with van der Waals surface area (Å²) >= 11 is 0. The number of rotatable bonds is 2. The van der Waals surface area contributed by atoms with Crippen molar-refractivity contribution in [3.05, 3.63) is 64.5 Å². The van der Waals surface area contributed by atoms with Crippen molar-refractivity contribution in [3.63, 3.8) is 0 Å². The van der Waals surface area contributed by atoms with Gasteiger partial charge in [-0.15, -0.1) is 0 Å². The molecule has 1 fully saturated rings. The Bertz CT molecular complexity index is 821. The van der Waals surface area contributed by atoms with Crippen LogP contribution in [0.1, 0.15) is 28.3 Å². The molecule has 2 aliphatic rings. The van der Waals surface area contributed by atoms with Gasteiger partial charge in [0.1, 0.15) is 11.6 Å². The Balaban J connectivity index is 1.57. The topological polar surface area (TPSA) is 41.6 Å². The third-order valence-electron chi connectivity index (χ3n) is 5.39. The highest BCUT2D eigenvalue weighted by atomic mass is 19.1. The first kappa shape index (κ1) is 17.0. The molecule has 4 nitrogen and oxygen atoms in total. The molecule has 5 heteroatoms. The minimum Gasteiger partial charge on any atom is -0.480 e. The molecule has 1 saturated heterocycles. The molecular formula is C21H23FN2O2. The van der Waals surface area contributed by atoms with Crippen LogP contribution in [0.25, 0.3) is 0 Å². The van der Waals surface area contributed by atoms with Crippen LogP contribution in [0.5, 0.6) is 5.75 Å². The average Bonchev–Trinajstić information content (AvgIpc) is 3.04. The zero-order chi connectivity index (χ0) is 18.3. The van der Waals surface area contributed by atoms with Gasteiger partial charge in [-0.05, 0) is 54.3 Å². The zero-order valence-electron chi connectivity index (χ0n) is 15.1. The summed E-state index contributed by atoms with van der Waals surface area (Å²) in [4.78, 5) is 15.0. The molecule has 0 aliphatic carbocycles. The van der Waals surface area contributed by atoms with Crippen LogP contribution in [0, 0.1) is 19.7 Å². The minimum absolute atomic E-state index is 0.0210. The van der Waals surface area contributed by atoms with Gasteiger partial charge in [0.15, 0.2) is 6.10 Å². The molecule has 26 heavy (non-hydrogen) atoms. The van der Waals surface area contributed by atoms with Crippen molar-refractivity contribution in [2.24, 2.45) is 0 Å². The summed E-state index contributed by atoms with van der Waals surface area (Å²) < 4.78 is 19.6. The summed E-state index contributed by atoms with van der Waals surface area (Å²) in [7, 11) is 0. The number of fused-ring (bicyclic) bond motifs is 1. The Hall–Kier alpha value is -2.40. The van der Waals surface area contributed by atoms with Crippen molar-refractivity contribution in [2.75, 3.05) is 19.6 Å². The molecule has 2 aliphatic heterocycles. The van der Waals surface area contributed by atoms with E-state index in [1.807, 2.05) is 24.0 Å². The highest BCUT2D eigenvalue weighted by molar-refractivity contribution is 5.83. The fourth-order valence-electron chi connectivity index (χ4n) is 3.82. The first-order valence-corrected chi connectivity index (χ1v) is 9.06. The number of amides is 1. The highest BCUT2D eigenvalue weighted by Crippen LogP contribution is 2.33. The van der Waals surface area contributed by atoms with Gasteiger partial charge in [-0.2, -0.15) is 0 Å². The number of ether oxygens (including phenoxy) is 1. The first-order valence-electron chi connectivity index (χ1n) is 9.06. The molecule has 0 bridgehead atoms. The van der Waals surface area contributed by atoms with Crippen LogP contribution in [0.2, 0.25) is 0 Å². The summed E-state index contributed by atoms with van der Waals surface area (Å²) in [5.74, 6) is 0.507. The van der Waals surface area contributed by atoms with Gasteiger partial charge >= 0.3 is 0 Å². The van der Waals surface area contributed by atoms with Crippen LogP contribution in [0.15, 0.2) is 36.4 Å². The predicted molar refractivity (Wildman–Crippen MR) is 97.8 cm³/mol. The van der Waals surface area contributed by atoms with Gasteiger partial charge < -0.3 is 15.0 Å². The molecule has 4 rings (SSSR count). The number of benzene rings is 2. The van der Waals surface area contributed by atoms with Gasteiger partial charge in [0, 0.05) is 26.1 Å². The molecule has 2 atom stereocenters. The largest absolute Gasteiger partial charge is 0.480 e. The number of piperazine rings is 1. The van der Waals surface area contributed by atoms with E-state index in [-0.39, 0.29) is 17.8 Å². The molecule has 0 spiro atoms. The number of aryl methyl sites for hydroxylation is 2. The van der Waals surface area contributed by atoms with E-state index in [1.165, 1.54) is 17.7 Å². The second-order valence-electron chi connectivity index (χ2n) is 7.16. The number of hydrogen-bond donors (Lipinski definition) is 1. The summed E-state index contributed by atoms with van der Waals surface area (Å²) in [5, 5.41) is 3.30. The number of hydrogen-bond acceptors (Lipinski definition) is 3. The fourth-order valence-corrected chi connectivity index (χ4v) is 3.82. The molecule has 0 aromatic heterocycles. The highest BCUT2D eigenvalue weighted by Gasteiger charge is 2.37. The quantitative estimate of drug-likeness (QED) is 0.902. The fraction of sp³-hybridized carbons (Fsp3) is 0.381. The lowest BCUT2D eigenvalue weighted by Crippen LogP contribution is -2.52. The van der Waals surface area contributed by atoms with Crippen molar-refractivity contribution < 1.29 is 13.9 Å². The van der Waals surface area contributed by atoms with Gasteiger partial charge in [-0.3, -0.25) is 4.79 Å². The Kier molecular flexibility index (Phi) is 4.41. The van der Waals surface area contributed by atoms with Crippen molar-refractivity contribution in [3.8, 4) is 5.75 Å². The molecule has 2 aromatic carbocycles. The van der Waals surface area contributed by atoms with Crippen molar-refractivity contribution in [1.29, 1.82) is 0 Å².